The Morgan fingerprint density at radius 1 is 1.05 bits per heavy atom. The largest absolute Gasteiger partial charge is 0.462 e. The molecule has 0 saturated carbocycles. The minimum Gasteiger partial charge on any atom is -0.462 e. The number of nitrogens with zero attached hydrogens (tertiary/aromatic N) is 1. The van der Waals surface area contributed by atoms with E-state index >= 15 is 0 Å². The molecule has 0 bridgehead atoms. The molecule has 20 heavy (non-hydrogen) atoms. The number of ether oxygens (including phenoxy) is 3. The van der Waals surface area contributed by atoms with Gasteiger partial charge in [0.2, 0.25) is 0 Å². The fourth-order valence-electron chi connectivity index (χ4n) is 1.50. The molecule has 0 aromatic heterocycles. The molecule has 0 N–H and O–H groups in total. The Labute approximate surface area is 120 Å². The van der Waals surface area contributed by atoms with Crippen LogP contribution in [0, 0.1) is 0 Å². The lowest BCUT2D eigenvalue weighted by Crippen LogP contribution is -2.26. The highest BCUT2D eigenvalue weighted by Gasteiger charge is 2.24. The number of carbonyl (C=O) groups excluding carboxylic acids is 2. The summed E-state index contributed by atoms with van der Waals surface area (Å²) in [5, 5.41) is 0. The first kappa shape index (κ1) is 18.6. The van der Waals surface area contributed by atoms with Crippen LogP contribution >= 0.6 is 0 Å². The van der Waals surface area contributed by atoms with Crippen molar-refractivity contribution in [3.05, 3.63) is 11.8 Å². The number of hydrogen-bond donors (Lipinski definition) is 0. The molecule has 0 unspecified atom stereocenters. The fourth-order valence-corrected chi connectivity index (χ4v) is 1.50. The Balaban J connectivity index is 4.90. The number of hydrogen-bond acceptors (Lipinski definition) is 6. The average Bonchev–Trinajstić information content (AvgIpc) is 2.36. The smallest absolute Gasteiger partial charge is 0.343 e. The van der Waals surface area contributed by atoms with Crippen molar-refractivity contribution in [3.8, 4) is 0 Å². The van der Waals surface area contributed by atoms with Crippen LogP contribution in [0.5, 0.6) is 0 Å². The molecule has 0 saturated heterocycles. The Morgan fingerprint density at radius 2 is 1.60 bits per heavy atom. The Morgan fingerprint density at radius 3 is 2.00 bits per heavy atom. The SMILES string of the molecule is CCOC(=O)/C(=C/N(C)C)C(=O)CC(OCC)OCC. The minimum absolute atomic E-state index is 0.00116. The number of ketones is 1. The van der Waals surface area contributed by atoms with E-state index in [1.807, 2.05) is 13.8 Å². The summed E-state index contributed by atoms with van der Waals surface area (Å²) in [4.78, 5) is 25.6. The van der Waals surface area contributed by atoms with Crippen molar-refractivity contribution in [2.75, 3.05) is 33.9 Å². The highest BCUT2D eigenvalue weighted by atomic mass is 16.7. The molecule has 0 atom stereocenters. The Bertz CT molecular complexity index is 332. The molecule has 6 nitrogen and oxygen atoms in total. The molecular formula is C14H25NO5. The van der Waals surface area contributed by atoms with Crippen molar-refractivity contribution in [2.24, 2.45) is 0 Å². The van der Waals surface area contributed by atoms with Crippen LogP contribution < -0.4 is 0 Å². The highest BCUT2D eigenvalue weighted by Crippen LogP contribution is 2.10. The normalized spacial score (nSPS) is 11.6. The second-order valence-corrected chi connectivity index (χ2v) is 4.19. The third-order valence-electron chi connectivity index (χ3n) is 2.24. The number of esters is 1. The van der Waals surface area contributed by atoms with Gasteiger partial charge in [0.05, 0.1) is 13.0 Å². The first-order chi connectivity index (χ1) is 9.46. The summed E-state index contributed by atoms with van der Waals surface area (Å²) >= 11 is 0. The fraction of sp³-hybridized carbons (Fsp3) is 0.714. The molecule has 0 amide bonds. The van der Waals surface area contributed by atoms with E-state index in [0.717, 1.165) is 0 Å². The molecule has 0 aromatic rings. The molecule has 0 fully saturated rings. The van der Waals surface area contributed by atoms with Gasteiger partial charge in [0.15, 0.2) is 12.1 Å². The maximum absolute atomic E-state index is 12.2. The lowest BCUT2D eigenvalue weighted by molar-refractivity contribution is -0.151. The van der Waals surface area contributed by atoms with Crippen LogP contribution in [0.4, 0.5) is 0 Å². The second kappa shape index (κ2) is 10.4. The van der Waals surface area contributed by atoms with Crippen molar-refractivity contribution in [1.82, 2.24) is 4.90 Å². The van der Waals surface area contributed by atoms with E-state index in [0.29, 0.717) is 13.2 Å². The van der Waals surface area contributed by atoms with E-state index in [1.165, 1.54) is 6.20 Å². The Kier molecular flexibility index (Phi) is 9.67. The molecule has 0 aromatic carbocycles. The summed E-state index contributed by atoms with van der Waals surface area (Å²) in [5.41, 5.74) is 0.00116. The van der Waals surface area contributed by atoms with Gasteiger partial charge in [0.1, 0.15) is 5.57 Å². The van der Waals surface area contributed by atoms with Gasteiger partial charge in [-0.2, -0.15) is 0 Å². The lowest BCUT2D eigenvalue weighted by atomic mass is 10.1. The number of Topliss-reactive ketones (excluding diaryl/α,β-unsaturated/α-hetero) is 1. The van der Waals surface area contributed by atoms with E-state index in [4.69, 9.17) is 14.2 Å². The average molecular weight is 287 g/mol. The van der Waals surface area contributed by atoms with Gasteiger partial charge in [-0.1, -0.05) is 0 Å². The minimum atomic E-state index is -0.641. The summed E-state index contributed by atoms with van der Waals surface area (Å²) in [7, 11) is 3.46. The molecule has 6 heteroatoms. The lowest BCUT2D eigenvalue weighted by Gasteiger charge is -2.17. The predicted octanol–water partition coefficient (Wildman–Crippen LogP) is 1.35. The monoisotopic (exact) mass is 287 g/mol. The zero-order valence-corrected chi connectivity index (χ0v) is 13.0. The predicted molar refractivity (Wildman–Crippen MR) is 75.1 cm³/mol. The van der Waals surface area contributed by atoms with Crippen molar-refractivity contribution in [3.63, 3.8) is 0 Å². The van der Waals surface area contributed by atoms with Crippen molar-refractivity contribution >= 4 is 11.8 Å². The number of rotatable bonds is 10. The zero-order chi connectivity index (χ0) is 15.5. The summed E-state index contributed by atoms with van der Waals surface area (Å²) in [6.07, 6.45) is 0.799. The summed E-state index contributed by atoms with van der Waals surface area (Å²) in [6, 6.07) is 0. The molecule has 0 radical (unpaired) electrons. The summed E-state index contributed by atoms with van der Waals surface area (Å²) in [5.74, 6) is -0.984. The standard InChI is InChI=1S/C14H25NO5/c1-6-18-13(19-7-2)9-12(16)11(10-15(4)5)14(17)20-8-3/h10,13H,6-9H2,1-5H3/b11-10+. The molecule has 0 heterocycles. The van der Waals surface area contributed by atoms with Gasteiger partial charge in [-0.3, -0.25) is 4.79 Å². The van der Waals surface area contributed by atoms with E-state index in [2.05, 4.69) is 0 Å². The molecule has 0 aliphatic rings. The van der Waals surface area contributed by atoms with E-state index < -0.39 is 12.3 Å². The zero-order valence-electron chi connectivity index (χ0n) is 13.0. The van der Waals surface area contributed by atoms with Crippen LogP contribution in [-0.2, 0) is 23.8 Å². The topological polar surface area (TPSA) is 65.1 Å². The second-order valence-electron chi connectivity index (χ2n) is 4.19. The highest BCUT2D eigenvalue weighted by molar-refractivity contribution is 6.17. The summed E-state index contributed by atoms with van der Waals surface area (Å²) in [6.45, 7) is 6.42. The van der Waals surface area contributed by atoms with Gasteiger partial charge in [-0.05, 0) is 20.8 Å². The van der Waals surface area contributed by atoms with E-state index in [-0.39, 0.29) is 24.4 Å². The van der Waals surface area contributed by atoms with Crippen LogP contribution in [0.15, 0.2) is 11.8 Å². The molecule has 0 rings (SSSR count). The maximum atomic E-state index is 12.2. The quantitative estimate of drug-likeness (QED) is 0.199. The molecule has 0 aliphatic carbocycles. The van der Waals surface area contributed by atoms with Gasteiger partial charge >= 0.3 is 5.97 Å². The van der Waals surface area contributed by atoms with E-state index in [9.17, 15) is 9.59 Å². The van der Waals surface area contributed by atoms with Crippen LogP contribution in [-0.4, -0.2) is 56.9 Å². The van der Waals surface area contributed by atoms with Crippen LogP contribution in [0.2, 0.25) is 0 Å². The van der Waals surface area contributed by atoms with E-state index in [1.54, 1.807) is 25.9 Å². The molecule has 0 aliphatic heterocycles. The van der Waals surface area contributed by atoms with Crippen molar-refractivity contribution < 1.29 is 23.8 Å². The van der Waals surface area contributed by atoms with Gasteiger partial charge < -0.3 is 19.1 Å². The van der Waals surface area contributed by atoms with Crippen molar-refractivity contribution in [1.29, 1.82) is 0 Å². The third kappa shape index (κ3) is 7.25. The first-order valence-corrected chi connectivity index (χ1v) is 6.77. The third-order valence-corrected chi connectivity index (χ3v) is 2.24. The Hall–Kier alpha value is -1.40. The van der Waals surface area contributed by atoms with Crippen LogP contribution in [0.25, 0.3) is 0 Å². The van der Waals surface area contributed by atoms with Gasteiger partial charge in [-0.25, -0.2) is 4.79 Å². The van der Waals surface area contributed by atoms with Gasteiger partial charge in [0, 0.05) is 33.5 Å². The summed E-state index contributed by atoms with van der Waals surface area (Å²) < 4.78 is 15.5. The maximum Gasteiger partial charge on any atom is 0.343 e. The van der Waals surface area contributed by atoms with Crippen LogP contribution in [0.1, 0.15) is 27.2 Å². The van der Waals surface area contributed by atoms with Crippen molar-refractivity contribution in [2.45, 2.75) is 33.5 Å². The van der Waals surface area contributed by atoms with Gasteiger partial charge in [-0.15, -0.1) is 0 Å². The van der Waals surface area contributed by atoms with Gasteiger partial charge in [0.25, 0.3) is 0 Å². The molecule has 0 spiro atoms. The first-order valence-electron chi connectivity index (χ1n) is 6.77. The van der Waals surface area contributed by atoms with Crippen LogP contribution in [0.3, 0.4) is 0 Å². The molecule has 116 valence electrons. The number of carbonyl (C=O) groups is 2. The molecular weight excluding hydrogens is 262 g/mol.